The third kappa shape index (κ3) is 4.08. The van der Waals surface area contributed by atoms with Gasteiger partial charge in [0.15, 0.2) is 0 Å². The van der Waals surface area contributed by atoms with Crippen LogP contribution in [0.15, 0.2) is 36.4 Å². The largest absolute Gasteiger partial charge is 0.508 e. The second-order valence-corrected chi connectivity index (χ2v) is 8.76. The molecule has 0 spiro atoms. The molecule has 1 atom stereocenters. The number of hydrogen-bond donors (Lipinski definition) is 1. The average molecular weight is 472 g/mol. The number of esters is 2. The van der Waals surface area contributed by atoms with Gasteiger partial charge in [-0.05, 0) is 76.9 Å². The Balaban J connectivity index is 2.51. The molecular weight excluding hydrogens is 442 g/mol. The third-order valence-electron chi connectivity index (χ3n) is 5.98. The van der Waals surface area contributed by atoms with Crippen molar-refractivity contribution in [3.05, 3.63) is 63.8 Å². The molecule has 1 N–H and O–H groups in total. The van der Waals surface area contributed by atoms with Crippen molar-refractivity contribution in [3.63, 3.8) is 0 Å². The SMILES string of the molecule is CCOC(=O)c1c(C)n(C(C)C)c2cccc(C(C)(C(=O)OCC)c3cc(O)ccc3Cl)c12. The first kappa shape index (κ1) is 24.6. The molecule has 1 aromatic heterocycles. The van der Waals surface area contributed by atoms with Crippen molar-refractivity contribution < 1.29 is 24.2 Å². The molecule has 33 heavy (non-hydrogen) atoms. The Labute approximate surface area is 199 Å². The number of phenolic OH excluding ortho intramolecular Hbond substituents is 1. The summed E-state index contributed by atoms with van der Waals surface area (Å²) in [5.74, 6) is -1.02. The molecule has 0 aliphatic rings. The molecule has 7 heteroatoms. The van der Waals surface area contributed by atoms with Gasteiger partial charge in [-0.1, -0.05) is 23.7 Å². The van der Waals surface area contributed by atoms with Crippen LogP contribution in [-0.4, -0.2) is 34.8 Å². The Kier molecular flexibility index (Phi) is 7.08. The summed E-state index contributed by atoms with van der Waals surface area (Å²) in [5.41, 5.74) is 1.50. The molecule has 0 radical (unpaired) electrons. The van der Waals surface area contributed by atoms with Gasteiger partial charge in [0.1, 0.15) is 11.2 Å². The second-order valence-electron chi connectivity index (χ2n) is 8.35. The molecule has 0 bridgehead atoms. The number of carbonyl (C=O) groups is 2. The summed E-state index contributed by atoms with van der Waals surface area (Å²) in [7, 11) is 0. The number of fused-ring (bicyclic) bond motifs is 1. The summed E-state index contributed by atoms with van der Waals surface area (Å²) in [6, 6.07) is 10.1. The predicted molar refractivity (Wildman–Crippen MR) is 129 cm³/mol. The zero-order valence-corrected chi connectivity index (χ0v) is 20.6. The molecule has 0 saturated carbocycles. The van der Waals surface area contributed by atoms with Crippen LogP contribution in [-0.2, 0) is 19.7 Å². The lowest BCUT2D eigenvalue weighted by molar-refractivity contribution is -0.147. The Morgan fingerprint density at radius 3 is 2.36 bits per heavy atom. The molecule has 1 heterocycles. The zero-order valence-electron chi connectivity index (χ0n) is 19.9. The molecule has 6 nitrogen and oxygen atoms in total. The van der Waals surface area contributed by atoms with Crippen LogP contribution in [0.1, 0.15) is 67.8 Å². The highest BCUT2D eigenvalue weighted by molar-refractivity contribution is 6.32. The molecular formula is C26H30ClNO5. The molecule has 0 amide bonds. The summed E-state index contributed by atoms with van der Waals surface area (Å²) in [6.07, 6.45) is 0. The number of ether oxygens (including phenoxy) is 2. The highest BCUT2D eigenvalue weighted by atomic mass is 35.5. The third-order valence-corrected chi connectivity index (χ3v) is 6.31. The number of rotatable bonds is 7. The standard InChI is InChI=1S/C26H30ClNO5/c1-7-32-24(30)22-16(5)28(15(3)4)21-11-9-10-18(23(21)22)26(6,25(31)33-8-2)19-14-17(29)12-13-20(19)27/h9-15,29H,7-8H2,1-6H3. The summed E-state index contributed by atoms with van der Waals surface area (Å²) < 4.78 is 12.9. The van der Waals surface area contributed by atoms with Crippen molar-refractivity contribution >= 4 is 34.4 Å². The second kappa shape index (κ2) is 9.48. The van der Waals surface area contributed by atoms with Crippen molar-refractivity contribution in [3.8, 4) is 5.75 Å². The van der Waals surface area contributed by atoms with Crippen LogP contribution in [0.2, 0.25) is 5.02 Å². The monoisotopic (exact) mass is 471 g/mol. The summed E-state index contributed by atoms with van der Waals surface area (Å²) >= 11 is 6.55. The Morgan fingerprint density at radius 1 is 1.09 bits per heavy atom. The van der Waals surface area contributed by atoms with E-state index in [1.165, 1.54) is 12.1 Å². The fraction of sp³-hybridized carbons (Fsp3) is 0.385. The van der Waals surface area contributed by atoms with E-state index in [1.54, 1.807) is 32.9 Å². The van der Waals surface area contributed by atoms with Crippen molar-refractivity contribution in [2.75, 3.05) is 13.2 Å². The average Bonchev–Trinajstić information content (AvgIpc) is 3.07. The summed E-state index contributed by atoms with van der Waals surface area (Å²) in [5, 5.41) is 11.1. The number of aromatic hydroxyl groups is 1. The molecule has 0 fully saturated rings. The van der Waals surface area contributed by atoms with E-state index in [1.807, 2.05) is 32.9 Å². The van der Waals surface area contributed by atoms with Crippen LogP contribution >= 0.6 is 11.6 Å². The lowest BCUT2D eigenvalue weighted by Crippen LogP contribution is -2.36. The summed E-state index contributed by atoms with van der Waals surface area (Å²) in [4.78, 5) is 26.7. The Bertz CT molecular complexity index is 1210. The Hall–Kier alpha value is -2.99. The topological polar surface area (TPSA) is 77.8 Å². The molecule has 0 aliphatic carbocycles. The van der Waals surface area contributed by atoms with Crippen LogP contribution in [0.5, 0.6) is 5.75 Å². The minimum Gasteiger partial charge on any atom is -0.508 e. The van der Waals surface area contributed by atoms with E-state index in [-0.39, 0.29) is 25.0 Å². The number of nitrogens with zero attached hydrogens (tertiary/aromatic N) is 1. The number of hydrogen-bond acceptors (Lipinski definition) is 5. The normalized spacial score (nSPS) is 13.2. The van der Waals surface area contributed by atoms with Gasteiger partial charge in [0, 0.05) is 27.7 Å². The molecule has 3 aromatic rings. The van der Waals surface area contributed by atoms with Crippen LogP contribution in [0, 0.1) is 6.92 Å². The number of benzene rings is 2. The zero-order chi connectivity index (χ0) is 24.5. The lowest BCUT2D eigenvalue weighted by Gasteiger charge is -2.30. The first-order valence-corrected chi connectivity index (χ1v) is 11.4. The van der Waals surface area contributed by atoms with E-state index in [2.05, 4.69) is 4.57 Å². The van der Waals surface area contributed by atoms with Gasteiger partial charge < -0.3 is 19.1 Å². The van der Waals surface area contributed by atoms with E-state index in [0.717, 1.165) is 11.2 Å². The highest BCUT2D eigenvalue weighted by Crippen LogP contribution is 2.44. The fourth-order valence-corrected chi connectivity index (χ4v) is 4.86. The van der Waals surface area contributed by atoms with Crippen molar-refractivity contribution in [2.24, 2.45) is 0 Å². The molecule has 1 unspecified atom stereocenters. The number of aromatic nitrogens is 1. The maximum absolute atomic E-state index is 13.5. The maximum atomic E-state index is 13.5. The van der Waals surface area contributed by atoms with E-state index < -0.39 is 17.4 Å². The molecule has 0 saturated heterocycles. The highest BCUT2D eigenvalue weighted by Gasteiger charge is 2.43. The number of halogens is 1. The minimum absolute atomic E-state index is 0.0290. The van der Waals surface area contributed by atoms with E-state index in [0.29, 0.717) is 27.1 Å². The molecule has 0 aliphatic heterocycles. The van der Waals surface area contributed by atoms with Crippen LogP contribution in [0.3, 0.4) is 0 Å². The van der Waals surface area contributed by atoms with E-state index in [9.17, 15) is 14.7 Å². The van der Waals surface area contributed by atoms with E-state index in [4.69, 9.17) is 21.1 Å². The van der Waals surface area contributed by atoms with Gasteiger partial charge >= 0.3 is 11.9 Å². The van der Waals surface area contributed by atoms with Gasteiger partial charge in [-0.25, -0.2) is 4.79 Å². The lowest BCUT2D eigenvalue weighted by atomic mass is 9.74. The van der Waals surface area contributed by atoms with Crippen molar-refractivity contribution in [1.82, 2.24) is 4.57 Å². The molecule has 3 rings (SSSR count). The van der Waals surface area contributed by atoms with Gasteiger partial charge in [-0.15, -0.1) is 0 Å². The number of phenols is 1. The fourth-order valence-electron chi connectivity index (χ4n) is 4.56. The predicted octanol–water partition coefficient (Wildman–Crippen LogP) is 5.94. The molecule has 2 aromatic carbocycles. The van der Waals surface area contributed by atoms with Gasteiger partial charge in [0.2, 0.25) is 0 Å². The van der Waals surface area contributed by atoms with Crippen LogP contribution in [0.4, 0.5) is 0 Å². The smallest absolute Gasteiger partial charge is 0.340 e. The van der Waals surface area contributed by atoms with Gasteiger partial charge in [-0.3, -0.25) is 4.79 Å². The maximum Gasteiger partial charge on any atom is 0.340 e. The van der Waals surface area contributed by atoms with Gasteiger partial charge in [0.05, 0.1) is 18.8 Å². The van der Waals surface area contributed by atoms with E-state index >= 15 is 0 Å². The minimum atomic E-state index is -1.40. The first-order valence-electron chi connectivity index (χ1n) is 11.1. The van der Waals surface area contributed by atoms with Crippen molar-refractivity contribution in [1.29, 1.82) is 0 Å². The molecule has 176 valence electrons. The Morgan fingerprint density at radius 2 is 1.76 bits per heavy atom. The van der Waals surface area contributed by atoms with Gasteiger partial charge in [-0.2, -0.15) is 0 Å². The number of carbonyl (C=O) groups excluding carboxylic acids is 2. The van der Waals surface area contributed by atoms with Crippen LogP contribution < -0.4 is 0 Å². The first-order chi connectivity index (χ1) is 15.6. The van der Waals surface area contributed by atoms with Crippen molar-refractivity contribution in [2.45, 2.75) is 53.0 Å². The van der Waals surface area contributed by atoms with Crippen LogP contribution in [0.25, 0.3) is 10.9 Å². The quantitative estimate of drug-likeness (QED) is 0.432. The summed E-state index contributed by atoms with van der Waals surface area (Å²) in [6.45, 7) is 11.5. The van der Waals surface area contributed by atoms with Gasteiger partial charge in [0.25, 0.3) is 0 Å².